The van der Waals surface area contributed by atoms with Crippen LogP contribution >= 0.6 is 0 Å². The van der Waals surface area contributed by atoms with Gasteiger partial charge in [0.05, 0.1) is 12.0 Å². The van der Waals surface area contributed by atoms with Gasteiger partial charge in [-0.1, -0.05) is 0 Å². The van der Waals surface area contributed by atoms with Crippen molar-refractivity contribution in [2.75, 3.05) is 0 Å². The number of rotatable bonds is 3. The third-order valence-electron chi connectivity index (χ3n) is 3.21. The highest BCUT2D eigenvalue weighted by atomic mass is 16.3. The van der Waals surface area contributed by atoms with Crippen molar-refractivity contribution in [3.8, 4) is 0 Å². The summed E-state index contributed by atoms with van der Waals surface area (Å²) < 4.78 is 5.47. The van der Waals surface area contributed by atoms with Gasteiger partial charge in [-0.05, 0) is 31.0 Å². The van der Waals surface area contributed by atoms with E-state index >= 15 is 0 Å². The van der Waals surface area contributed by atoms with Gasteiger partial charge in [0.2, 0.25) is 0 Å². The molecule has 2 aromatic heterocycles. The van der Waals surface area contributed by atoms with E-state index in [0.29, 0.717) is 6.04 Å². The molecule has 1 unspecified atom stereocenters. The van der Waals surface area contributed by atoms with Gasteiger partial charge in [-0.15, -0.1) is 0 Å². The van der Waals surface area contributed by atoms with Crippen molar-refractivity contribution in [2.24, 2.45) is 0 Å². The molecular formula is C13H15N3O. The SMILES string of the molecule is c1cnnc(CNC2CCCc3occc32)c1. The smallest absolute Gasteiger partial charge is 0.108 e. The minimum atomic E-state index is 0.388. The molecule has 0 saturated carbocycles. The predicted molar refractivity (Wildman–Crippen MR) is 63.3 cm³/mol. The van der Waals surface area contributed by atoms with E-state index in [0.717, 1.165) is 30.8 Å². The molecule has 17 heavy (non-hydrogen) atoms. The van der Waals surface area contributed by atoms with Gasteiger partial charge >= 0.3 is 0 Å². The standard InChI is InChI=1S/C13H15N3O/c1-4-12(11-6-8-17-13(11)5-1)14-9-10-3-2-7-15-16-10/h2-3,6-8,12,14H,1,4-5,9H2. The zero-order valence-corrected chi connectivity index (χ0v) is 9.60. The molecule has 0 bridgehead atoms. The Hall–Kier alpha value is -1.68. The molecule has 4 heteroatoms. The van der Waals surface area contributed by atoms with Crippen molar-refractivity contribution in [3.63, 3.8) is 0 Å². The first-order chi connectivity index (χ1) is 8.43. The van der Waals surface area contributed by atoms with E-state index in [1.54, 1.807) is 12.5 Å². The van der Waals surface area contributed by atoms with Crippen LogP contribution in [0, 0.1) is 0 Å². The van der Waals surface area contributed by atoms with Gasteiger partial charge in [0.25, 0.3) is 0 Å². The van der Waals surface area contributed by atoms with E-state index in [-0.39, 0.29) is 0 Å². The summed E-state index contributed by atoms with van der Waals surface area (Å²) in [6, 6.07) is 6.36. The third kappa shape index (κ3) is 2.22. The molecule has 1 aliphatic rings. The second kappa shape index (κ2) is 4.67. The summed E-state index contributed by atoms with van der Waals surface area (Å²) in [7, 11) is 0. The Bertz CT molecular complexity index is 480. The highest BCUT2D eigenvalue weighted by Gasteiger charge is 2.21. The minimum absolute atomic E-state index is 0.388. The molecule has 1 aliphatic carbocycles. The first-order valence-electron chi connectivity index (χ1n) is 6.00. The molecular weight excluding hydrogens is 214 g/mol. The normalized spacial score (nSPS) is 18.9. The lowest BCUT2D eigenvalue weighted by Crippen LogP contribution is -2.24. The Labute approximate surface area is 100 Å². The van der Waals surface area contributed by atoms with Crippen molar-refractivity contribution in [1.29, 1.82) is 0 Å². The van der Waals surface area contributed by atoms with Gasteiger partial charge in [0, 0.05) is 30.8 Å². The van der Waals surface area contributed by atoms with E-state index in [9.17, 15) is 0 Å². The fourth-order valence-corrected chi connectivity index (χ4v) is 2.35. The molecule has 2 aromatic rings. The van der Waals surface area contributed by atoms with E-state index in [1.165, 1.54) is 12.0 Å². The third-order valence-corrected chi connectivity index (χ3v) is 3.21. The summed E-state index contributed by atoms with van der Waals surface area (Å²) in [4.78, 5) is 0. The molecule has 0 aliphatic heterocycles. The lowest BCUT2D eigenvalue weighted by molar-refractivity contribution is 0.409. The van der Waals surface area contributed by atoms with Crippen molar-refractivity contribution in [3.05, 3.63) is 47.7 Å². The van der Waals surface area contributed by atoms with E-state index in [1.807, 2.05) is 12.1 Å². The first-order valence-corrected chi connectivity index (χ1v) is 6.00. The van der Waals surface area contributed by atoms with Gasteiger partial charge in [-0.2, -0.15) is 10.2 Å². The lowest BCUT2D eigenvalue weighted by atomic mass is 9.93. The van der Waals surface area contributed by atoms with Crippen LogP contribution in [0.2, 0.25) is 0 Å². The highest BCUT2D eigenvalue weighted by molar-refractivity contribution is 5.24. The maximum atomic E-state index is 5.47. The van der Waals surface area contributed by atoms with Gasteiger partial charge in [-0.3, -0.25) is 0 Å². The summed E-state index contributed by atoms with van der Waals surface area (Å²) in [5.41, 5.74) is 2.28. The molecule has 88 valence electrons. The second-order valence-corrected chi connectivity index (χ2v) is 4.34. The van der Waals surface area contributed by atoms with E-state index in [2.05, 4.69) is 21.6 Å². The molecule has 4 nitrogen and oxygen atoms in total. The van der Waals surface area contributed by atoms with Gasteiger partial charge < -0.3 is 9.73 Å². The van der Waals surface area contributed by atoms with Crippen LogP contribution < -0.4 is 5.32 Å². The Balaban J connectivity index is 1.68. The number of nitrogens with one attached hydrogen (secondary N) is 1. The number of aromatic nitrogens is 2. The summed E-state index contributed by atoms with van der Waals surface area (Å²) >= 11 is 0. The van der Waals surface area contributed by atoms with Crippen LogP contribution in [0.15, 0.2) is 35.1 Å². The van der Waals surface area contributed by atoms with E-state index < -0.39 is 0 Å². The highest BCUT2D eigenvalue weighted by Crippen LogP contribution is 2.30. The average molecular weight is 229 g/mol. The second-order valence-electron chi connectivity index (χ2n) is 4.34. The molecule has 1 N–H and O–H groups in total. The van der Waals surface area contributed by atoms with Crippen LogP contribution in [-0.4, -0.2) is 10.2 Å². The van der Waals surface area contributed by atoms with Gasteiger partial charge in [0.15, 0.2) is 0 Å². The molecule has 2 heterocycles. The Morgan fingerprint density at radius 1 is 1.41 bits per heavy atom. The zero-order chi connectivity index (χ0) is 11.5. The first kappa shape index (κ1) is 10.5. The number of hydrogen-bond donors (Lipinski definition) is 1. The van der Waals surface area contributed by atoms with Crippen LogP contribution in [0.25, 0.3) is 0 Å². The largest absolute Gasteiger partial charge is 0.469 e. The molecule has 0 amide bonds. The fraction of sp³-hybridized carbons (Fsp3) is 0.385. The Morgan fingerprint density at radius 3 is 3.29 bits per heavy atom. The molecule has 0 aromatic carbocycles. The van der Waals surface area contributed by atoms with Crippen LogP contribution in [0.4, 0.5) is 0 Å². The van der Waals surface area contributed by atoms with Crippen LogP contribution in [0.5, 0.6) is 0 Å². The maximum Gasteiger partial charge on any atom is 0.108 e. The number of nitrogens with zero attached hydrogens (tertiary/aromatic N) is 2. The molecule has 0 spiro atoms. The minimum Gasteiger partial charge on any atom is -0.469 e. The number of hydrogen-bond acceptors (Lipinski definition) is 4. The summed E-state index contributed by atoms with van der Waals surface area (Å²) in [5, 5.41) is 11.5. The summed E-state index contributed by atoms with van der Waals surface area (Å²) in [5.74, 6) is 1.13. The molecule has 0 fully saturated rings. The summed E-state index contributed by atoms with van der Waals surface area (Å²) in [6.07, 6.45) is 6.88. The van der Waals surface area contributed by atoms with Crippen LogP contribution in [-0.2, 0) is 13.0 Å². The monoisotopic (exact) mass is 229 g/mol. The Morgan fingerprint density at radius 2 is 2.41 bits per heavy atom. The van der Waals surface area contributed by atoms with Crippen LogP contribution in [0.3, 0.4) is 0 Å². The summed E-state index contributed by atoms with van der Waals surface area (Å²) in [6.45, 7) is 0.753. The average Bonchev–Trinajstić information content (AvgIpc) is 2.86. The predicted octanol–water partition coefficient (Wildman–Crippen LogP) is 2.24. The molecule has 3 rings (SSSR count). The molecule has 1 atom stereocenters. The van der Waals surface area contributed by atoms with Crippen molar-refractivity contribution >= 4 is 0 Å². The fourth-order valence-electron chi connectivity index (χ4n) is 2.35. The van der Waals surface area contributed by atoms with Gasteiger partial charge in [0.1, 0.15) is 5.76 Å². The van der Waals surface area contributed by atoms with E-state index in [4.69, 9.17) is 4.42 Å². The maximum absolute atomic E-state index is 5.47. The van der Waals surface area contributed by atoms with Crippen LogP contribution in [0.1, 0.15) is 35.9 Å². The number of fused-ring (bicyclic) bond motifs is 1. The Kier molecular flexibility index (Phi) is 2.88. The molecule has 0 saturated heterocycles. The van der Waals surface area contributed by atoms with Crippen molar-refractivity contribution in [2.45, 2.75) is 31.8 Å². The van der Waals surface area contributed by atoms with Crippen molar-refractivity contribution < 1.29 is 4.42 Å². The van der Waals surface area contributed by atoms with Crippen molar-refractivity contribution in [1.82, 2.24) is 15.5 Å². The zero-order valence-electron chi connectivity index (χ0n) is 9.60. The van der Waals surface area contributed by atoms with Gasteiger partial charge in [-0.25, -0.2) is 0 Å². The quantitative estimate of drug-likeness (QED) is 0.877. The molecule has 0 radical (unpaired) electrons. The number of furan rings is 1. The topological polar surface area (TPSA) is 51.0 Å². The lowest BCUT2D eigenvalue weighted by Gasteiger charge is -2.22. The number of aryl methyl sites for hydroxylation is 1.